The van der Waals surface area contributed by atoms with E-state index in [1.807, 2.05) is 6.07 Å². The monoisotopic (exact) mass is 391 g/mol. The lowest BCUT2D eigenvalue weighted by atomic mass is 10.1. The zero-order valence-corrected chi connectivity index (χ0v) is 16.5. The van der Waals surface area contributed by atoms with Gasteiger partial charge in [-0.2, -0.15) is 0 Å². The maximum atomic E-state index is 11.9. The third-order valence-corrected chi connectivity index (χ3v) is 4.35. The van der Waals surface area contributed by atoms with Crippen LogP contribution in [0.2, 0.25) is 0 Å². The molecule has 25 heavy (non-hydrogen) atoms. The van der Waals surface area contributed by atoms with Gasteiger partial charge in [-0.1, -0.05) is 37.1 Å². The number of carbonyl (C=O) groups excluding carboxylic acids is 1. The van der Waals surface area contributed by atoms with Crippen LogP contribution < -0.4 is 11.1 Å². The lowest BCUT2D eigenvalue weighted by molar-refractivity contribution is -0.123. The van der Waals surface area contributed by atoms with Crippen molar-refractivity contribution >= 4 is 30.7 Å². The van der Waals surface area contributed by atoms with Gasteiger partial charge in [0.1, 0.15) is 6.04 Å². The number of hydrogen-bond acceptors (Lipinski definition) is 4. The van der Waals surface area contributed by atoms with E-state index < -0.39 is 6.04 Å². The molecule has 1 amide bonds. The second-order valence-corrected chi connectivity index (χ2v) is 6.24. The second kappa shape index (κ2) is 13.4. The van der Waals surface area contributed by atoms with Crippen molar-refractivity contribution < 1.29 is 9.53 Å². The van der Waals surface area contributed by atoms with Crippen LogP contribution in [0.5, 0.6) is 0 Å². The van der Waals surface area contributed by atoms with Crippen molar-refractivity contribution in [3.63, 3.8) is 0 Å². The molecule has 0 spiro atoms. The number of nitrogens with zero attached hydrogens (tertiary/aromatic N) is 1. The highest BCUT2D eigenvalue weighted by molar-refractivity contribution is 5.85. The van der Waals surface area contributed by atoms with Crippen molar-refractivity contribution in [3.8, 4) is 0 Å². The highest BCUT2D eigenvalue weighted by Crippen LogP contribution is 2.16. The molecule has 1 aromatic rings. The molecular formula is C18H31Cl2N3O2. The molecule has 0 aromatic heterocycles. The highest BCUT2D eigenvalue weighted by atomic mass is 35.5. The van der Waals surface area contributed by atoms with E-state index in [1.54, 1.807) is 7.11 Å². The quantitative estimate of drug-likeness (QED) is 0.748. The van der Waals surface area contributed by atoms with Crippen LogP contribution in [0.1, 0.15) is 36.8 Å². The zero-order valence-electron chi connectivity index (χ0n) is 14.9. The summed E-state index contributed by atoms with van der Waals surface area (Å²) in [6.07, 6.45) is 5.24. The molecule has 3 N–H and O–H groups in total. The van der Waals surface area contributed by atoms with Crippen molar-refractivity contribution in [1.29, 1.82) is 0 Å². The van der Waals surface area contributed by atoms with Gasteiger partial charge in [0.25, 0.3) is 0 Å². The molecule has 0 radical (unpaired) electrons. The van der Waals surface area contributed by atoms with Gasteiger partial charge in [0.05, 0.1) is 6.61 Å². The van der Waals surface area contributed by atoms with Crippen LogP contribution in [0, 0.1) is 0 Å². The molecule has 1 aromatic carbocycles. The molecule has 1 atom stereocenters. The summed E-state index contributed by atoms with van der Waals surface area (Å²) < 4.78 is 4.92. The van der Waals surface area contributed by atoms with E-state index in [9.17, 15) is 4.79 Å². The Bertz CT molecular complexity index is 495. The second-order valence-electron chi connectivity index (χ2n) is 6.24. The maximum Gasteiger partial charge on any atom is 0.239 e. The summed E-state index contributed by atoms with van der Waals surface area (Å²) in [6, 6.07) is 7.70. The van der Waals surface area contributed by atoms with E-state index in [2.05, 4.69) is 28.4 Å². The minimum absolute atomic E-state index is 0. The number of carbonyl (C=O) groups is 1. The third-order valence-electron chi connectivity index (χ3n) is 4.35. The van der Waals surface area contributed by atoms with Gasteiger partial charge in [-0.25, -0.2) is 0 Å². The van der Waals surface area contributed by atoms with Crippen molar-refractivity contribution in [2.45, 2.75) is 44.8 Å². The molecule has 1 heterocycles. The highest BCUT2D eigenvalue weighted by Gasteiger charge is 2.14. The van der Waals surface area contributed by atoms with Crippen LogP contribution in [0.3, 0.4) is 0 Å². The first kappa shape index (κ1) is 24.1. The molecule has 0 saturated carbocycles. The largest absolute Gasteiger partial charge is 0.383 e. The van der Waals surface area contributed by atoms with Crippen molar-refractivity contribution in [3.05, 3.63) is 35.4 Å². The van der Waals surface area contributed by atoms with E-state index in [4.69, 9.17) is 10.5 Å². The molecular weight excluding hydrogens is 361 g/mol. The Morgan fingerprint density at radius 2 is 1.76 bits per heavy atom. The number of nitrogens with one attached hydrogen (secondary N) is 1. The summed E-state index contributed by atoms with van der Waals surface area (Å²) in [5.41, 5.74) is 8.20. The van der Waals surface area contributed by atoms with Gasteiger partial charge >= 0.3 is 0 Å². The molecule has 1 fully saturated rings. The van der Waals surface area contributed by atoms with Crippen LogP contribution in [0.25, 0.3) is 0 Å². The average molecular weight is 392 g/mol. The van der Waals surface area contributed by atoms with Crippen LogP contribution in [0.4, 0.5) is 0 Å². The normalized spacial score (nSPS) is 16.1. The number of likely N-dealkylation sites (tertiary alicyclic amines) is 1. The Balaban J connectivity index is 0.00000288. The van der Waals surface area contributed by atoms with Gasteiger partial charge in [0, 0.05) is 20.2 Å². The fraction of sp³-hybridized carbons (Fsp3) is 0.611. The van der Waals surface area contributed by atoms with E-state index in [-0.39, 0.29) is 37.3 Å². The first-order valence-corrected chi connectivity index (χ1v) is 8.52. The molecule has 5 nitrogen and oxygen atoms in total. The summed E-state index contributed by atoms with van der Waals surface area (Å²) >= 11 is 0. The molecule has 2 rings (SSSR count). The van der Waals surface area contributed by atoms with Crippen molar-refractivity contribution in [2.24, 2.45) is 5.73 Å². The fourth-order valence-electron chi connectivity index (χ4n) is 2.99. The average Bonchev–Trinajstić information content (AvgIpc) is 2.82. The van der Waals surface area contributed by atoms with Crippen LogP contribution in [-0.4, -0.2) is 43.7 Å². The molecule has 144 valence electrons. The molecule has 7 heteroatoms. The summed E-state index contributed by atoms with van der Waals surface area (Å²) in [5, 5.41) is 2.91. The number of nitrogens with two attached hydrogens (primary N) is 1. The lowest BCUT2D eigenvalue weighted by Gasteiger charge is -2.22. The first-order valence-electron chi connectivity index (χ1n) is 8.52. The number of amides is 1. The van der Waals surface area contributed by atoms with Gasteiger partial charge in [-0.05, 0) is 37.1 Å². The zero-order chi connectivity index (χ0) is 16.5. The summed E-state index contributed by atoms with van der Waals surface area (Å²) in [6.45, 7) is 4.04. The Labute approximate surface area is 163 Å². The van der Waals surface area contributed by atoms with E-state index in [0.717, 1.165) is 12.1 Å². The SMILES string of the molecule is COCC(N)C(=O)NCc1ccccc1CN1CCCCCC1.Cl.Cl. The third kappa shape index (κ3) is 8.38. The number of hydrogen-bond donors (Lipinski definition) is 2. The predicted octanol–water partition coefficient (Wildman–Crippen LogP) is 2.50. The smallest absolute Gasteiger partial charge is 0.239 e. The number of methoxy groups -OCH3 is 1. The minimum atomic E-state index is -0.613. The van der Waals surface area contributed by atoms with Crippen molar-refractivity contribution in [1.82, 2.24) is 10.2 Å². The number of rotatable bonds is 7. The molecule has 0 bridgehead atoms. The molecule has 1 aliphatic rings. The van der Waals surface area contributed by atoms with Gasteiger partial charge in [0.2, 0.25) is 5.91 Å². The number of benzene rings is 1. The Hall–Kier alpha value is -0.850. The van der Waals surface area contributed by atoms with Gasteiger partial charge in [0.15, 0.2) is 0 Å². The number of halogens is 2. The van der Waals surface area contributed by atoms with E-state index in [1.165, 1.54) is 44.3 Å². The first-order chi connectivity index (χ1) is 11.2. The summed E-state index contributed by atoms with van der Waals surface area (Å²) in [7, 11) is 1.55. The summed E-state index contributed by atoms with van der Waals surface area (Å²) in [4.78, 5) is 14.4. The maximum absolute atomic E-state index is 11.9. The fourth-order valence-corrected chi connectivity index (χ4v) is 2.99. The molecule has 1 unspecified atom stereocenters. The minimum Gasteiger partial charge on any atom is -0.383 e. The predicted molar refractivity (Wildman–Crippen MR) is 106 cm³/mol. The topological polar surface area (TPSA) is 67.6 Å². The molecule has 1 saturated heterocycles. The standard InChI is InChI=1S/C18H29N3O2.2ClH/c1-23-14-17(19)18(22)20-12-15-8-4-5-9-16(15)13-21-10-6-2-3-7-11-21;;/h4-5,8-9,17H,2-3,6-7,10-14,19H2,1H3,(H,20,22);2*1H. The molecule has 1 aliphatic heterocycles. The Morgan fingerprint density at radius 1 is 1.16 bits per heavy atom. The Kier molecular flexibility index (Phi) is 12.9. The lowest BCUT2D eigenvalue weighted by Crippen LogP contribution is -2.43. The Morgan fingerprint density at radius 3 is 2.36 bits per heavy atom. The number of ether oxygens (including phenoxy) is 1. The van der Waals surface area contributed by atoms with Crippen LogP contribution in [0.15, 0.2) is 24.3 Å². The van der Waals surface area contributed by atoms with Crippen LogP contribution >= 0.6 is 24.8 Å². The van der Waals surface area contributed by atoms with Gasteiger partial charge in [-0.15, -0.1) is 24.8 Å². The van der Waals surface area contributed by atoms with Gasteiger partial charge < -0.3 is 15.8 Å². The van der Waals surface area contributed by atoms with Crippen LogP contribution in [-0.2, 0) is 22.6 Å². The molecule has 0 aliphatic carbocycles. The van der Waals surface area contributed by atoms with Crippen molar-refractivity contribution in [2.75, 3.05) is 26.8 Å². The van der Waals surface area contributed by atoms with E-state index >= 15 is 0 Å². The summed E-state index contributed by atoms with van der Waals surface area (Å²) in [5.74, 6) is -0.170. The van der Waals surface area contributed by atoms with Gasteiger partial charge in [-0.3, -0.25) is 9.69 Å². The van der Waals surface area contributed by atoms with E-state index in [0.29, 0.717) is 6.54 Å².